The molecule has 5 rings (SSSR count). The lowest BCUT2D eigenvalue weighted by molar-refractivity contribution is -0.123. The van der Waals surface area contributed by atoms with Gasteiger partial charge in [0.2, 0.25) is 5.91 Å². The molecule has 0 saturated carbocycles. The minimum Gasteiger partial charge on any atom is -0.506 e. The van der Waals surface area contributed by atoms with Crippen molar-refractivity contribution in [2.45, 2.75) is 18.4 Å². The predicted molar refractivity (Wildman–Crippen MR) is 165 cm³/mol. The van der Waals surface area contributed by atoms with Gasteiger partial charge in [-0.05, 0) is 60.7 Å². The summed E-state index contributed by atoms with van der Waals surface area (Å²) in [6.07, 6.45) is 2.81. The average Bonchev–Trinajstić information content (AvgIpc) is 3.00. The summed E-state index contributed by atoms with van der Waals surface area (Å²) in [4.78, 5) is 27.1. The number of rotatable bonds is 10. The Morgan fingerprint density at radius 3 is 2.43 bits per heavy atom. The number of piperidine rings is 1. The van der Waals surface area contributed by atoms with E-state index in [0.29, 0.717) is 26.0 Å². The molecule has 1 aliphatic heterocycles. The number of primary amides is 1. The number of halogens is 1. The fourth-order valence-corrected chi connectivity index (χ4v) is 5.26. The predicted octanol–water partition coefficient (Wildman–Crippen LogP) is 4.77. The van der Waals surface area contributed by atoms with E-state index in [1.165, 1.54) is 18.2 Å². The minimum absolute atomic E-state index is 0.0901. The van der Waals surface area contributed by atoms with Gasteiger partial charge in [-0.3, -0.25) is 14.5 Å². The van der Waals surface area contributed by atoms with E-state index >= 15 is 0 Å². The molecule has 9 nitrogen and oxygen atoms in total. The number of nitrogens with zero attached hydrogens (tertiary/aromatic N) is 2. The number of carbonyl (C=O) groups excluding carboxylic acids is 2. The van der Waals surface area contributed by atoms with E-state index in [-0.39, 0.29) is 22.2 Å². The number of amides is 2. The lowest BCUT2D eigenvalue weighted by Crippen LogP contribution is -2.57. The van der Waals surface area contributed by atoms with Crippen LogP contribution in [-0.2, 0) is 4.79 Å². The summed E-state index contributed by atoms with van der Waals surface area (Å²) in [7, 11) is 0. The molecule has 2 amide bonds. The molecule has 0 aliphatic carbocycles. The van der Waals surface area contributed by atoms with Crippen molar-refractivity contribution in [2.24, 2.45) is 10.8 Å². The van der Waals surface area contributed by atoms with E-state index in [4.69, 9.17) is 22.1 Å². The van der Waals surface area contributed by atoms with Gasteiger partial charge >= 0.3 is 0 Å². The number of anilines is 1. The second kappa shape index (κ2) is 12.9. The minimum atomic E-state index is -0.761. The topological polar surface area (TPSA) is 129 Å². The van der Waals surface area contributed by atoms with Crippen molar-refractivity contribution in [2.75, 3.05) is 31.6 Å². The van der Waals surface area contributed by atoms with Gasteiger partial charge in [0, 0.05) is 41.8 Å². The fourth-order valence-electron chi connectivity index (χ4n) is 5.08. The van der Waals surface area contributed by atoms with E-state index in [0.717, 1.165) is 40.9 Å². The van der Waals surface area contributed by atoms with Crippen molar-refractivity contribution in [1.29, 1.82) is 0 Å². The molecule has 0 aromatic heterocycles. The number of phenols is 1. The van der Waals surface area contributed by atoms with Crippen LogP contribution in [0.5, 0.6) is 11.5 Å². The van der Waals surface area contributed by atoms with Crippen LogP contribution < -0.4 is 21.2 Å². The molecule has 1 saturated heterocycles. The molecule has 4 aromatic rings. The molecule has 0 bridgehead atoms. The first-order valence-electron chi connectivity index (χ1n) is 13.7. The highest BCUT2D eigenvalue weighted by atomic mass is 35.5. The van der Waals surface area contributed by atoms with Gasteiger partial charge < -0.3 is 20.9 Å². The highest BCUT2D eigenvalue weighted by Crippen LogP contribution is 2.29. The molecule has 1 heterocycles. The van der Waals surface area contributed by atoms with Crippen LogP contribution >= 0.6 is 11.6 Å². The average molecular weight is 586 g/mol. The zero-order valence-electron chi connectivity index (χ0n) is 22.9. The van der Waals surface area contributed by atoms with Crippen molar-refractivity contribution < 1.29 is 19.4 Å². The van der Waals surface area contributed by atoms with Gasteiger partial charge in [-0.1, -0.05) is 54.1 Å². The normalized spacial score (nSPS) is 15.0. The van der Waals surface area contributed by atoms with Crippen molar-refractivity contribution in [3.8, 4) is 11.5 Å². The monoisotopic (exact) mass is 585 g/mol. The number of carbonyl (C=O) groups is 2. The molecule has 42 heavy (non-hydrogen) atoms. The highest BCUT2D eigenvalue weighted by Gasteiger charge is 2.39. The molecule has 1 aliphatic rings. The van der Waals surface area contributed by atoms with Gasteiger partial charge in [0.15, 0.2) is 0 Å². The lowest BCUT2D eigenvalue weighted by atomic mass is 9.86. The number of hydrazone groups is 1. The summed E-state index contributed by atoms with van der Waals surface area (Å²) < 4.78 is 6.20. The Bertz CT molecular complexity index is 1600. The molecule has 216 valence electrons. The zero-order valence-corrected chi connectivity index (χ0v) is 23.7. The molecule has 0 atom stereocenters. The molecular formula is C32H32ClN5O4. The first kappa shape index (κ1) is 28.9. The number of hydrogen-bond acceptors (Lipinski definition) is 7. The first-order chi connectivity index (χ1) is 20.3. The Labute approximate surface area is 248 Å². The Balaban J connectivity index is 1.18. The number of aromatic hydroxyl groups is 1. The van der Waals surface area contributed by atoms with Gasteiger partial charge in [-0.15, -0.1) is 0 Å². The standard InChI is InChI=1S/C32H32ClN5O4/c33-27-20-22(10-12-28(27)39)30(40)37-35-21-23-11-13-29(26-9-5-4-8-25(23)26)42-19-18-38-16-14-32(15-17-38,31(34)41)36-24-6-2-1-3-7-24/h1-13,20-21,36,39H,14-19H2,(H2,34,41)(H,37,40). The lowest BCUT2D eigenvalue weighted by Gasteiger charge is -2.40. The summed E-state index contributed by atoms with van der Waals surface area (Å²) in [5, 5.41) is 19.0. The van der Waals surface area contributed by atoms with Gasteiger partial charge in [0.05, 0.1) is 11.2 Å². The van der Waals surface area contributed by atoms with Gasteiger partial charge in [0.1, 0.15) is 23.6 Å². The zero-order chi connectivity index (χ0) is 29.5. The number of nitrogens with one attached hydrogen (secondary N) is 2. The van der Waals surface area contributed by atoms with Crippen LogP contribution in [0.15, 0.2) is 90.0 Å². The number of hydrogen-bond donors (Lipinski definition) is 4. The maximum absolute atomic E-state index is 12.4. The van der Waals surface area contributed by atoms with Crippen molar-refractivity contribution in [3.05, 3.63) is 101 Å². The van der Waals surface area contributed by atoms with Crippen LogP contribution in [0.25, 0.3) is 10.8 Å². The quantitative estimate of drug-likeness (QED) is 0.157. The molecule has 5 N–H and O–H groups in total. The van der Waals surface area contributed by atoms with E-state index in [9.17, 15) is 14.7 Å². The Morgan fingerprint density at radius 1 is 1.00 bits per heavy atom. The molecule has 4 aromatic carbocycles. The number of ether oxygens (including phenoxy) is 1. The van der Waals surface area contributed by atoms with Crippen LogP contribution in [0.2, 0.25) is 5.02 Å². The fraction of sp³-hybridized carbons (Fsp3) is 0.219. The maximum atomic E-state index is 12.4. The third kappa shape index (κ3) is 6.64. The summed E-state index contributed by atoms with van der Waals surface area (Å²) >= 11 is 5.90. The number of benzene rings is 4. The van der Waals surface area contributed by atoms with Crippen molar-refractivity contribution >= 4 is 46.1 Å². The maximum Gasteiger partial charge on any atom is 0.271 e. The Morgan fingerprint density at radius 2 is 1.71 bits per heavy atom. The SMILES string of the molecule is NC(=O)C1(Nc2ccccc2)CCN(CCOc2ccc(C=NNC(=O)c3ccc(O)c(Cl)c3)c3ccccc23)CC1. The molecule has 10 heteroatoms. The second-order valence-corrected chi connectivity index (χ2v) is 10.6. The number of phenolic OH excluding ortho intramolecular Hbond substituents is 1. The Hall–Kier alpha value is -4.60. The van der Waals surface area contributed by atoms with Gasteiger partial charge in [0.25, 0.3) is 5.91 Å². The van der Waals surface area contributed by atoms with Crippen LogP contribution in [0, 0.1) is 0 Å². The van der Waals surface area contributed by atoms with Crippen molar-refractivity contribution in [1.82, 2.24) is 10.3 Å². The number of likely N-dealkylation sites (tertiary alicyclic amines) is 1. The number of fused-ring (bicyclic) bond motifs is 1. The van der Waals surface area contributed by atoms with Gasteiger partial charge in [-0.2, -0.15) is 5.10 Å². The molecule has 0 spiro atoms. The summed E-state index contributed by atoms with van der Waals surface area (Å²) in [5.74, 6) is -0.122. The van der Waals surface area contributed by atoms with Crippen LogP contribution in [0.4, 0.5) is 5.69 Å². The largest absolute Gasteiger partial charge is 0.506 e. The van der Waals surface area contributed by atoms with Crippen LogP contribution in [0.1, 0.15) is 28.8 Å². The molecule has 0 unspecified atom stereocenters. The summed E-state index contributed by atoms with van der Waals surface area (Å²) in [6, 6.07) is 25.5. The third-order valence-corrected chi connectivity index (χ3v) is 7.80. The summed E-state index contributed by atoms with van der Waals surface area (Å²) in [6.45, 7) is 2.65. The van der Waals surface area contributed by atoms with E-state index < -0.39 is 11.4 Å². The molecule has 1 fully saturated rings. The first-order valence-corrected chi connectivity index (χ1v) is 14.0. The highest BCUT2D eigenvalue weighted by molar-refractivity contribution is 6.32. The van der Waals surface area contributed by atoms with Crippen LogP contribution in [0.3, 0.4) is 0 Å². The second-order valence-electron chi connectivity index (χ2n) is 10.2. The van der Waals surface area contributed by atoms with Gasteiger partial charge in [-0.25, -0.2) is 5.43 Å². The van der Waals surface area contributed by atoms with Crippen molar-refractivity contribution in [3.63, 3.8) is 0 Å². The number of para-hydroxylation sites is 1. The third-order valence-electron chi connectivity index (χ3n) is 7.50. The van der Waals surface area contributed by atoms with E-state index in [1.54, 1.807) is 6.21 Å². The summed E-state index contributed by atoms with van der Waals surface area (Å²) in [5.41, 5.74) is 9.54. The van der Waals surface area contributed by atoms with E-state index in [2.05, 4.69) is 20.7 Å². The molecular weight excluding hydrogens is 554 g/mol. The smallest absolute Gasteiger partial charge is 0.271 e. The Kier molecular flexibility index (Phi) is 8.90. The number of nitrogens with two attached hydrogens (primary N) is 1. The van der Waals surface area contributed by atoms with E-state index in [1.807, 2.05) is 66.7 Å². The molecule has 0 radical (unpaired) electrons. The van der Waals surface area contributed by atoms with Crippen LogP contribution in [-0.4, -0.2) is 59.8 Å².